The zero-order valence-electron chi connectivity index (χ0n) is 24.7. The molecule has 0 spiro atoms. The Labute approximate surface area is 247 Å². The van der Waals surface area contributed by atoms with Crippen LogP contribution in [0.2, 0.25) is 0 Å². The van der Waals surface area contributed by atoms with Crippen molar-refractivity contribution in [2.24, 2.45) is 12.5 Å². The Morgan fingerprint density at radius 2 is 1.79 bits per heavy atom. The number of benzene rings is 1. The number of fused-ring (bicyclic) bond motifs is 3. The first-order valence-electron chi connectivity index (χ1n) is 14.8. The lowest BCUT2D eigenvalue weighted by molar-refractivity contribution is -0.226. The molecule has 1 atom stereocenters. The summed E-state index contributed by atoms with van der Waals surface area (Å²) in [5.74, 6) is 0. The number of nitrogens with zero attached hydrogens (tertiary/aromatic N) is 6. The van der Waals surface area contributed by atoms with Crippen molar-refractivity contribution in [3.63, 3.8) is 0 Å². The fraction of sp³-hybridized carbons (Fsp3) is 0.548. The summed E-state index contributed by atoms with van der Waals surface area (Å²) >= 11 is 0. The van der Waals surface area contributed by atoms with Crippen LogP contribution < -0.4 is 5.69 Å². The lowest BCUT2D eigenvalue weighted by atomic mass is 9.83. The van der Waals surface area contributed by atoms with Gasteiger partial charge in [-0.1, -0.05) is 26.0 Å². The molecule has 12 heteroatoms. The maximum Gasteiger partial charge on any atom is 0.420 e. The molecule has 2 aliphatic heterocycles. The quantitative estimate of drug-likeness (QED) is 0.280. The van der Waals surface area contributed by atoms with Gasteiger partial charge in [0.05, 0.1) is 17.8 Å². The van der Waals surface area contributed by atoms with E-state index >= 15 is 0 Å². The van der Waals surface area contributed by atoms with E-state index in [1.165, 1.54) is 16.8 Å². The standard InChI is InChI=1S/C31H37F3N6O3/c1-30(2)10-12-39(13-11-30)14-17-43-27(31(32,33)34)25-7-5-21(19-35-25)20-4-6-24-23(18-20)26-28(37-36-24)38(3)29(41)40(26)22-8-15-42-16-9-22/h4-7,18-19,22,27H,8-17H2,1-3H3. The summed E-state index contributed by atoms with van der Waals surface area (Å²) in [5, 5.41) is 9.40. The van der Waals surface area contributed by atoms with Gasteiger partial charge in [0.25, 0.3) is 0 Å². The molecule has 0 aliphatic carbocycles. The number of ether oxygens (including phenoxy) is 2. The monoisotopic (exact) mass is 598 g/mol. The van der Waals surface area contributed by atoms with E-state index < -0.39 is 12.3 Å². The number of imidazole rings is 1. The molecular weight excluding hydrogens is 561 g/mol. The van der Waals surface area contributed by atoms with Gasteiger partial charge in [-0.3, -0.25) is 14.1 Å². The molecule has 1 aromatic carbocycles. The Morgan fingerprint density at radius 3 is 2.47 bits per heavy atom. The number of piperidine rings is 1. The molecule has 1 unspecified atom stereocenters. The predicted molar refractivity (Wildman–Crippen MR) is 157 cm³/mol. The van der Waals surface area contributed by atoms with Crippen molar-refractivity contribution in [1.29, 1.82) is 0 Å². The van der Waals surface area contributed by atoms with Gasteiger partial charge in [0, 0.05) is 50.0 Å². The smallest absolute Gasteiger partial charge is 0.381 e. The van der Waals surface area contributed by atoms with Gasteiger partial charge in [-0.05, 0) is 68.0 Å². The SMILES string of the molecule is Cn1c(=O)n(C2CCOCC2)c2c3cc(-c4ccc(C(OCCN5CCC(C)(C)CC5)C(F)(F)F)nc4)ccc3nnc21. The van der Waals surface area contributed by atoms with E-state index in [9.17, 15) is 18.0 Å². The topological polar surface area (TPSA) is 87.3 Å². The molecule has 2 aliphatic rings. The van der Waals surface area contributed by atoms with E-state index in [1.807, 2.05) is 12.1 Å². The summed E-state index contributed by atoms with van der Waals surface area (Å²) in [6.45, 7) is 7.73. The fourth-order valence-corrected chi connectivity index (χ4v) is 6.12. The third-order valence-electron chi connectivity index (χ3n) is 8.91. The number of likely N-dealkylation sites (tertiary alicyclic amines) is 1. The van der Waals surface area contributed by atoms with E-state index in [1.54, 1.807) is 23.7 Å². The van der Waals surface area contributed by atoms with Crippen LogP contribution in [0, 0.1) is 5.41 Å². The van der Waals surface area contributed by atoms with Gasteiger partial charge in [0.2, 0.25) is 0 Å². The number of aromatic nitrogens is 5. The predicted octanol–water partition coefficient (Wildman–Crippen LogP) is 5.44. The number of aryl methyl sites for hydroxylation is 1. The highest BCUT2D eigenvalue weighted by molar-refractivity contribution is 6.02. The molecule has 4 aromatic rings. The molecule has 3 aromatic heterocycles. The maximum atomic E-state index is 14.0. The summed E-state index contributed by atoms with van der Waals surface area (Å²) in [6, 6.07) is 8.51. The minimum Gasteiger partial charge on any atom is -0.381 e. The lowest BCUT2D eigenvalue weighted by Gasteiger charge is -2.37. The normalized spacial score (nSPS) is 19.3. The molecule has 230 valence electrons. The van der Waals surface area contributed by atoms with Crippen LogP contribution in [0.1, 0.15) is 57.4 Å². The molecule has 2 fully saturated rings. The molecule has 9 nitrogen and oxygen atoms in total. The molecule has 0 amide bonds. The van der Waals surface area contributed by atoms with Gasteiger partial charge in [0.15, 0.2) is 11.8 Å². The van der Waals surface area contributed by atoms with Crippen molar-refractivity contribution < 1.29 is 22.6 Å². The molecule has 0 bridgehead atoms. The van der Waals surface area contributed by atoms with E-state index in [4.69, 9.17) is 9.47 Å². The molecule has 0 N–H and O–H groups in total. The van der Waals surface area contributed by atoms with E-state index in [2.05, 4.69) is 33.9 Å². The van der Waals surface area contributed by atoms with E-state index in [0.29, 0.717) is 54.8 Å². The van der Waals surface area contributed by atoms with Gasteiger partial charge in [-0.15, -0.1) is 10.2 Å². The molecule has 2 saturated heterocycles. The second-order valence-electron chi connectivity index (χ2n) is 12.4. The van der Waals surface area contributed by atoms with Gasteiger partial charge in [-0.2, -0.15) is 13.2 Å². The summed E-state index contributed by atoms with van der Waals surface area (Å²) in [6.07, 6.45) is -1.79. The second-order valence-corrected chi connectivity index (χ2v) is 12.4. The van der Waals surface area contributed by atoms with Crippen molar-refractivity contribution in [3.05, 3.63) is 52.7 Å². The average molecular weight is 599 g/mol. The Balaban J connectivity index is 1.26. The van der Waals surface area contributed by atoms with Crippen LogP contribution in [-0.2, 0) is 16.5 Å². The molecule has 0 radical (unpaired) electrons. The van der Waals surface area contributed by atoms with Crippen LogP contribution in [0.5, 0.6) is 0 Å². The highest BCUT2D eigenvalue weighted by Crippen LogP contribution is 2.37. The minimum absolute atomic E-state index is 0.0250. The Bertz CT molecular complexity index is 1650. The van der Waals surface area contributed by atoms with Crippen LogP contribution in [0.15, 0.2) is 41.3 Å². The average Bonchev–Trinajstić information content (AvgIpc) is 3.25. The largest absolute Gasteiger partial charge is 0.420 e. The van der Waals surface area contributed by atoms with Crippen LogP contribution in [0.25, 0.3) is 33.2 Å². The minimum atomic E-state index is -4.59. The maximum absolute atomic E-state index is 14.0. The molecular formula is C31H37F3N6O3. The molecule has 6 rings (SSSR count). The first-order chi connectivity index (χ1) is 20.5. The van der Waals surface area contributed by atoms with Crippen LogP contribution >= 0.6 is 0 Å². The zero-order chi connectivity index (χ0) is 30.4. The first kappa shape index (κ1) is 29.7. The number of hydrogen-bond acceptors (Lipinski definition) is 7. The Morgan fingerprint density at radius 1 is 1.07 bits per heavy atom. The van der Waals surface area contributed by atoms with Gasteiger partial charge in [0.1, 0.15) is 5.52 Å². The Hall–Kier alpha value is -3.35. The lowest BCUT2D eigenvalue weighted by Crippen LogP contribution is -2.39. The van der Waals surface area contributed by atoms with Gasteiger partial charge >= 0.3 is 11.9 Å². The number of pyridine rings is 1. The van der Waals surface area contributed by atoms with Crippen LogP contribution in [0.3, 0.4) is 0 Å². The highest BCUT2D eigenvalue weighted by Gasteiger charge is 2.43. The van der Waals surface area contributed by atoms with Crippen molar-refractivity contribution in [1.82, 2.24) is 29.2 Å². The van der Waals surface area contributed by atoms with Gasteiger partial charge in [-0.25, -0.2) is 4.79 Å². The van der Waals surface area contributed by atoms with Crippen molar-refractivity contribution in [2.75, 3.05) is 39.5 Å². The van der Waals surface area contributed by atoms with Crippen molar-refractivity contribution >= 4 is 22.1 Å². The molecule has 0 saturated carbocycles. The third-order valence-corrected chi connectivity index (χ3v) is 8.91. The summed E-state index contributed by atoms with van der Waals surface area (Å²) in [5.41, 5.74) is 3.11. The third kappa shape index (κ3) is 6.05. The Kier molecular flexibility index (Phi) is 8.03. The van der Waals surface area contributed by atoms with E-state index in [-0.39, 0.29) is 29.4 Å². The van der Waals surface area contributed by atoms with E-state index in [0.717, 1.165) is 36.9 Å². The second kappa shape index (κ2) is 11.6. The number of rotatable bonds is 7. The van der Waals surface area contributed by atoms with Crippen molar-refractivity contribution in [3.8, 4) is 11.1 Å². The highest BCUT2D eigenvalue weighted by atomic mass is 19.4. The van der Waals surface area contributed by atoms with Crippen LogP contribution in [0.4, 0.5) is 13.2 Å². The summed E-state index contributed by atoms with van der Waals surface area (Å²) in [4.78, 5) is 19.6. The number of alkyl halides is 3. The van der Waals surface area contributed by atoms with Crippen LogP contribution in [-0.4, -0.2) is 74.8 Å². The zero-order valence-corrected chi connectivity index (χ0v) is 24.7. The summed E-state index contributed by atoms with van der Waals surface area (Å²) in [7, 11) is 1.68. The van der Waals surface area contributed by atoms with Gasteiger partial charge < -0.3 is 14.4 Å². The van der Waals surface area contributed by atoms with Crippen molar-refractivity contribution in [2.45, 2.75) is 57.9 Å². The number of hydrogen-bond donors (Lipinski definition) is 0. The fourth-order valence-electron chi connectivity index (χ4n) is 6.12. The first-order valence-corrected chi connectivity index (χ1v) is 14.8. The number of halogens is 3. The molecule has 43 heavy (non-hydrogen) atoms. The summed E-state index contributed by atoms with van der Waals surface area (Å²) < 4.78 is 56.2. The molecule has 5 heterocycles.